The van der Waals surface area contributed by atoms with E-state index < -0.39 is 0 Å². The Kier molecular flexibility index (Phi) is 3.72. The van der Waals surface area contributed by atoms with Crippen LogP contribution in [0, 0.1) is 11.7 Å². The average Bonchev–Trinajstić information content (AvgIpc) is 3.06. The topological polar surface area (TPSA) is 42.2 Å². The van der Waals surface area contributed by atoms with Gasteiger partial charge in [0.25, 0.3) is 5.91 Å². The van der Waals surface area contributed by atoms with Crippen molar-refractivity contribution < 1.29 is 13.6 Å². The van der Waals surface area contributed by atoms with E-state index in [1.165, 1.54) is 37.8 Å². The molecule has 1 heterocycles. The zero-order valence-corrected chi connectivity index (χ0v) is 11.3. The molecule has 0 saturated heterocycles. The third kappa shape index (κ3) is 2.84. The lowest BCUT2D eigenvalue weighted by Crippen LogP contribution is -2.25. The molecule has 0 bridgehead atoms. The van der Waals surface area contributed by atoms with Crippen LogP contribution >= 0.6 is 0 Å². The lowest BCUT2D eigenvalue weighted by Gasteiger charge is -2.08. The monoisotopic (exact) mass is 275 g/mol. The fourth-order valence-corrected chi connectivity index (χ4v) is 2.90. The van der Waals surface area contributed by atoms with Crippen LogP contribution in [0.3, 0.4) is 0 Å². The molecule has 1 N–H and O–H groups in total. The van der Waals surface area contributed by atoms with Gasteiger partial charge in [0.2, 0.25) is 0 Å². The molecule has 0 aliphatic heterocycles. The molecule has 1 saturated carbocycles. The van der Waals surface area contributed by atoms with Gasteiger partial charge in [-0.1, -0.05) is 25.7 Å². The average molecular weight is 275 g/mol. The largest absolute Gasteiger partial charge is 0.451 e. The molecule has 1 amide bonds. The lowest BCUT2D eigenvalue weighted by atomic mass is 10.0. The van der Waals surface area contributed by atoms with Gasteiger partial charge in [-0.05, 0) is 36.6 Å². The first-order chi connectivity index (χ1) is 9.72. The molecule has 0 unspecified atom stereocenters. The Morgan fingerprint density at radius 1 is 1.30 bits per heavy atom. The Balaban J connectivity index is 1.60. The van der Waals surface area contributed by atoms with E-state index in [0.717, 1.165) is 12.3 Å². The Labute approximate surface area is 117 Å². The van der Waals surface area contributed by atoms with Crippen molar-refractivity contribution >= 4 is 16.9 Å². The SMILES string of the molecule is O=C(NCCC1CCCC1)c1cc2cc(F)ccc2o1. The fraction of sp³-hybridized carbons (Fsp3) is 0.438. The maximum atomic E-state index is 13.1. The maximum absolute atomic E-state index is 13.1. The minimum absolute atomic E-state index is 0.223. The van der Waals surface area contributed by atoms with E-state index in [1.54, 1.807) is 12.1 Å². The van der Waals surface area contributed by atoms with Gasteiger partial charge in [-0.3, -0.25) is 4.79 Å². The van der Waals surface area contributed by atoms with Crippen molar-refractivity contribution in [1.82, 2.24) is 5.32 Å². The summed E-state index contributed by atoms with van der Waals surface area (Å²) in [6.45, 7) is 0.676. The molecule has 1 aliphatic carbocycles. The predicted molar refractivity (Wildman–Crippen MR) is 75.1 cm³/mol. The van der Waals surface area contributed by atoms with Gasteiger partial charge in [0.1, 0.15) is 11.4 Å². The van der Waals surface area contributed by atoms with E-state index in [9.17, 15) is 9.18 Å². The first-order valence-electron chi connectivity index (χ1n) is 7.20. The molecule has 3 nitrogen and oxygen atoms in total. The Hall–Kier alpha value is -1.84. The maximum Gasteiger partial charge on any atom is 0.287 e. The van der Waals surface area contributed by atoms with Crippen LogP contribution in [0.15, 0.2) is 28.7 Å². The minimum atomic E-state index is -0.327. The Morgan fingerprint density at radius 3 is 2.90 bits per heavy atom. The predicted octanol–water partition coefficient (Wildman–Crippen LogP) is 3.88. The van der Waals surface area contributed by atoms with Crippen LogP contribution in [0.2, 0.25) is 0 Å². The number of hydrogen-bond donors (Lipinski definition) is 1. The van der Waals surface area contributed by atoms with Crippen molar-refractivity contribution in [1.29, 1.82) is 0 Å². The van der Waals surface area contributed by atoms with Gasteiger partial charge in [0, 0.05) is 11.9 Å². The van der Waals surface area contributed by atoms with Gasteiger partial charge in [-0.2, -0.15) is 0 Å². The number of carbonyl (C=O) groups is 1. The number of rotatable bonds is 4. The van der Waals surface area contributed by atoms with Crippen molar-refractivity contribution in [3.63, 3.8) is 0 Å². The molecule has 1 aromatic carbocycles. The van der Waals surface area contributed by atoms with Crippen molar-refractivity contribution in [2.24, 2.45) is 5.92 Å². The highest BCUT2D eigenvalue weighted by Crippen LogP contribution is 2.27. The molecule has 4 heteroatoms. The van der Waals surface area contributed by atoms with E-state index in [2.05, 4.69) is 5.32 Å². The molecule has 2 aromatic rings. The molecule has 3 rings (SSSR count). The summed E-state index contributed by atoms with van der Waals surface area (Å²) in [6.07, 6.45) is 6.21. The number of hydrogen-bond acceptors (Lipinski definition) is 2. The van der Waals surface area contributed by atoms with Gasteiger partial charge in [0.05, 0.1) is 0 Å². The molecule has 0 atom stereocenters. The highest BCUT2D eigenvalue weighted by molar-refractivity contribution is 5.96. The number of carbonyl (C=O) groups excluding carboxylic acids is 1. The van der Waals surface area contributed by atoms with Crippen LogP contribution in [0.5, 0.6) is 0 Å². The highest BCUT2D eigenvalue weighted by atomic mass is 19.1. The summed E-state index contributed by atoms with van der Waals surface area (Å²) in [7, 11) is 0. The van der Waals surface area contributed by atoms with Gasteiger partial charge in [0.15, 0.2) is 5.76 Å². The first-order valence-corrected chi connectivity index (χ1v) is 7.20. The number of nitrogens with one attached hydrogen (secondary N) is 1. The van der Waals surface area contributed by atoms with Crippen LogP contribution in [0.25, 0.3) is 11.0 Å². The zero-order valence-electron chi connectivity index (χ0n) is 11.3. The summed E-state index contributed by atoms with van der Waals surface area (Å²) < 4.78 is 18.5. The summed E-state index contributed by atoms with van der Waals surface area (Å²) in [5.41, 5.74) is 0.535. The summed E-state index contributed by atoms with van der Waals surface area (Å²) in [5, 5.41) is 3.49. The van der Waals surface area contributed by atoms with Crippen molar-refractivity contribution in [2.45, 2.75) is 32.1 Å². The fourth-order valence-electron chi connectivity index (χ4n) is 2.90. The number of fused-ring (bicyclic) bond motifs is 1. The van der Waals surface area contributed by atoms with E-state index in [1.807, 2.05) is 0 Å². The molecule has 1 fully saturated rings. The van der Waals surface area contributed by atoms with Crippen LogP contribution in [0.1, 0.15) is 42.7 Å². The van der Waals surface area contributed by atoms with Crippen molar-refractivity contribution in [3.8, 4) is 0 Å². The van der Waals surface area contributed by atoms with E-state index in [-0.39, 0.29) is 17.5 Å². The third-order valence-corrected chi connectivity index (χ3v) is 4.02. The smallest absolute Gasteiger partial charge is 0.287 e. The first kappa shape index (κ1) is 13.2. The molecular weight excluding hydrogens is 257 g/mol. The number of benzene rings is 1. The second-order valence-electron chi connectivity index (χ2n) is 5.49. The molecule has 1 aliphatic rings. The zero-order chi connectivity index (χ0) is 13.9. The number of amides is 1. The standard InChI is InChI=1S/C16H18FNO2/c17-13-5-6-14-12(9-13)10-15(20-14)16(19)18-8-7-11-3-1-2-4-11/h5-6,9-11H,1-4,7-8H2,(H,18,19). The van der Waals surface area contributed by atoms with Crippen LogP contribution in [-0.4, -0.2) is 12.5 Å². The second-order valence-corrected chi connectivity index (χ2v) is 5.49. The van der Waals surface area contributed by atoms with E-state index in [0.29, 0.717) is 17.5 Å². The van der Waals surface area contributed by atoms with Gasteiger partial charge in [-0.15, -0.1) is 0 Å². The Morgan fingerprint density at radius 2 is 2.10 bits per heavy atom. The van der Waals surface area contributed by atoms with Crippen molar-refractivity contribution in [2.75, 3.05) is 6.54 Å². The molecule has 0 radical (unpaired) electrons. The number of furan rings is 1. The molecule has 106 valence electrons. The summed E-state index contributed by atoms with van der Waals surface area (Å²) in [6, 6.07) is 5.82. The van der Waals surface area contributed by atoms with Crippen molar-refractivity contribution in [3.05, 3.63) is 35.8 Å². The summed E-state index contributed by atoms with van der Waals surface area (Å²) >= 11 is 0. The second kappa shape index (κ2) is 5.65. The lowest BCUT2D eigenvalue weighted by molar-refractivity contribution is 0.0926. The molecular formula is C16H18FNO2. The highest BCUT2D eigenvalue weighted by Gasteiger charge is 2.16. The van der Waals surface area contributed by atoms with Crippen LogP contribution in [0.4, 0.5) is 4.39 Å². The van der Waals surface area contributed by atoms with E-state index >= 15 is 0 Å². The third-order valence-electron chi connectivity index (χ3n) is 4.02. The minimum Gasteiger partial charge on any atom is -0.451 e. The number of halogens is 1. The summed E-state index contributed by atoms with van der Waals surface area (Å²) in [4.78, 5) is 12.0. The van der Waals surface area contributed by atoms with E-state index in [4.69, 9.17) is 4.42 Å². The quantitative estimate of drug-likeness (QED) is 0.920. The van der Waals surface area contributed by atoms with Gasteiger partial charge < -0.3 is 9.73 Å². The van der Waals surface area contributed by atoms with Gasteiger partial charge in [-0.25, -0.2) is 4.39 Å². The molecule has 0 spiro atoms. The van der Waals surface area contributed by atoms with Crippen LogP contribution in [-0.2, 0) is 0 Å². The Bertz CT molecular complexity index is 614. The molecule has 1 aromatic heterocycles. The van der Waals surface area contributed by atoms with Crippen LogP contribution < -0.4 is 5.32 Å². The normalized spacial score (nSPS) is 15.8. The summed E-state index contributed by atoms with van der Waals surface area (Å²) in [5.74, 6) is 0.447. The molecule has 20 heavy (non-hydrogen) atoms. The van der Waals surface area contributed by atoms with Gasteiger partial charge >= 0.3 is 0 Å².